The molecule has 1 aliphatic heterocycles. The van der Waals surface area contributed by atoms with Crippen LogP contribution < -0.4 is 10.2 Å². The highest BCUT2D eigenvalue weighted by Gasteiger charge is 2.22. The van der Waals surface area contributed by atoms with Gasteiger partial charge in [-0.1, -0.05) is 43.6 Å². The van der Waals surface area contributed by atoms with Gasteiger partial charge in [0.25, 0.3) is 0 Å². The van der Waals surface area contributed by atoms with Crippen molar-refractivity contribution < 1.29 is 0 Å². The molecule has 3 heteroatoms. The summed E-state index contributed by atoms with van der Waals surface area (Å²) in [5.74, 6) is 0.479. The van der Waals surface area contributed by atoms with Crippen LogP contribution in [-0.2, 0) is 12.8 Å². The SMILES string of the molecule is CCCNC(C)(C)Cc1cccc(N2CCc3ccc(Cl)cc3[C@@H](C)C2)c1. The Kier molecular flexibility index (Phi) is 6.49. The van der Waals surface area contributed by atoms with E-state index in [0.717, 1.165) is 37.5 Å². The molecule has 1 heterocycles. The highest BCUT2D eigenvalue weighted by Crippen LogP contribution is 2.30. The molecule has 146 valence electrons. The smallest absolute Gasteiger partial charge is 0.0409 e. The Morgan fingerprint density at radius 3 is 2.78 bits per heavy atom. The van der Waals surface area contributed by atoms with Crippen LogP contribution in [0.5, 0.6) is 0 Å². The van der Waals surface area contributed by atoms with Crippen LogP contribution in [0.1, 0.15) is 56.7 Å². The molecule has 3 rings (SSSR count). The monoisotopic (exact) mass is 384 g/mol. The van der Waals surface area contributed by atoms with Crippen molar-refractivity contribution in [1.29, 1.82) is 0 Å². The van der Waals surface area contributed by atoms with Gasteiger partial charge in [0.15, 0.2) is 0 Å². The summed E-state index contributed by atoms with van der Waals surface area (Å²) in [5.41, 5.74) is 5.71. The zero-order chi connectivity index (χ0) is 19.4. The van der Waals surface area contributed by atoms with E-state index in [1.165, 1.54) is 28.8 Å². The van der Waals surface area contributed by atoms with Gasteiger partial charge in [0, 0.05) is 29.3 Å². The van der Waals surface area contributed by atoms with Crippen molar-refractivity contribution in [3.63, 3.8) is 0 Å². The zero-order valence-electron chi connectivity index (χ0n) is 17.2. The minimum absolute atomic E-state index is 0.119. The predicted molar refractivity (Wildman–Crippen MR) is 118 cm³/mol. The number of benzene rings is 2. The number of hydrogen-bond acceptors (Lipinski definition) is 2. The molecule has 0 saturated carbocycles. The van der Waals surface area contributed by atoms with Crippen molar-refractivity contribution in [1.82, 2.24) is 5.32 Å². The van der Waals surface area contributed by atoms with Crippen LogP contribution in [0.3, 0.4) is 0 Å². The zero-order valence-corrected chi connectivity index (χ0v) is 17.9. The Bertz CT molecular complexity index is 769. The van der Waals surface area contributed by atoms with Crippen molar-refractivity contribution in [2.24, 2.45) is 0 Å². The highest BCUT2D eigenvalue weighted by atomic mass is 35.5. The van der Waals surface area contributed by atoms with Gasteiger partial charge in [0.2, 0.25) is 0 Å². The van der Waals surface area contributed by atoms with Crippen molar-refractivity contribution in [2.45, 2.75) is 58.4 Å². The average Bonchev–Trinajstić information content (AvgIpc) is 2.79. The molecule has 27 heavy (non-hydrogen) atoms. The lowest BCUT2D eigenvalue weighted by Gasteiger charge is -2.29. The molecule has 2 aromatic carbocycles. The molecule has 2 nitrogen and oxygen atoms in total. The summed E-state index contributed by atoms with van der Waals surface area (Å²) < 4.78 is 0. The molecule has 0 aliphatic carbocycles. The number of fused-ring (bicyclic) bond motifs is 1. The number of hydrogen-bond donors (Lipinski definition) is 1. The Labute approximate surface area is 169 Å². The van der Waals surface area contributed by atoms with Gasteiger partial charge in [-0.3, -0.25) is 0 Å². The fourth-order valence-electron chi connectivity index (χ4n) is 4.16. The molecule has 0 aromatic heterocycles. The molecule has 1 atom stereocenters. The summed E-state index contributed by atoms with van der Waals surface area (Å²) in [5, 5.41) is 4.51. The van der Waals surface area contributed by atoms with Gasteiger partial charge in [-0.15, -0.1) is 0 Å². The topological polar surface area (TPSA) is 15.3 Å². The van der Waals surface area contributed by atoms with E-state index in [1.807, 2.05) is 6.07 Å². The predicted octanol–water partition coefficient (Wildman–Crippen LogP) is 5.83. The summed E-state index contributed by atoms with van der Waals surface area (Å²) in [6.45, 7) is 12.3. The van der Waals surface area contributed by atoms with Gasteiger partial charge in [-0.2, -0.15) is 0 Å². The van der Waals surface area contributed by atoms with Gasteiger partial charge in [-0.25, -0.2) is 0 Å². The molecule has 1 aliphatic rings. The number of nitrogens with one attached hydrogen (secondary N) is 1. The Morgan fingerprint density at radius 2 is 2.00 bits per heavy atom. The third-order valence-electron chi connectivity index (χ3n) is 5.56. The summed E-state index contributed by atoms with van der Waals surface area (Å²) in [4.78, 5) is 2.54. The van der Waals surface area contributed by atoms with E-state index < -0.39 is 0 Å². The second kappa shape index (κ2) is 8.67. The fourth-order valence-corrected chi connectivity index (χ4v) is 4.34. The van der Waals surface area contributed by atoms with Crippen LogP contribution in [0.4, 0.5) is 5.69 Å². The molecule has 1 N–H and O–H groups in total. The first-order valence-electron chi connectivity index (χ1n) is 10.3. The maximum atomic E-state index is 6.25. The molecule has 0 spiro atoms. The van der Waals surface area contributed by atoms with E-state index >= 15 is 0 Å². The van der Waals surface area contributed by atoms with Crippen LogP contribution in [-0.4, -0.2) is 25.2 Å². The van der Waals surface area contributed by atoms with Crippen LogP contribution >= 0.6 is 11.6 Å². The normalized spacial score (nSPS) is 17.5. The summed E-state index contributed by atoms with van der Waals surface area (Å²) in [6.07, 6.45) is 3.28. The molecular weight excluding hydrogens is 352 g/mol. The lowest BCUT2D eigenvalue weighted by molar-refractivity contribution is 0.387. The van der Waals surface area contributed by atoms with Crippen LogP contribution in [0.2, 0.25) is 5.02 Å². The van der Waals surface area contributed by atoms with E-state index in [-0.39, 0.29) is 5.54 Å². The number of halogens is 1. The molecule has 2 aromatic rings. The molecule has 0 fully saturated rings. The number of rotatable bonds is 6. The van der Waals surface area contributed by atoms with E-state index in [2.05, 4.69) is 74.3 Å². The fraction of sp³-hybridized carbons (Fsp3) is 0.500. The Morgan fingerprint density at radius 1 is 1.19 bits per heavy atom. The first-order chi connectivity index (χ1) is 12.9. The molecular formula is C24H33ClN2. The Balaban J connectivity index is 1.76. The maximum Gasteiger partial charge on any atom is 0.0409 e. The second-order valence-corrected chi connectivity index (χ2v) is 9.03. The molecule has 0 radical (unpaired) electrons. The van der Waals surface area contributed by atoms with E-state index in [9.17, 15) is 0 Å². The molecule has 0 unspecified atom stereocenters. The van der Waals surface area contributed by atoms with Gasteiger partial charge >= 0.3 is 0 Å². The lowest BCUT2D eigenvalue weighted by atomic mass is 9.94. The first kappa shape index (κ1) is 20.2. The van der Waals surface area contributed by atoms with Gasteiger partial charge in [0.1, 0.15) is 0 Å². The largest absolute Gasteiger partial charge is 0.371 e. The molecule has 0 amide bonds. The van der Waals surface area contributed by atoms with Crippen molar-refractivity contribution in [3.8, 4) is 0 Å². The van der Waals surface area contributed by atoms with Crippen LogP contribution in [0, 0.1) is 0 Å². The highest BCUT2D eigenvalue weighted by molar-refractivity contribution is 6.30. The van der Waals surface area contributed by atoms with E-state index in [1.54, 1.807) is 0 Å². The van der Waals surface area contributed by atoms with Crippen molar-refractivity contribution >= 4 is 17.3 Å². The minimum atomic E-state index is 0.119. The molecule has 0 bridgehead atoms. The quantitative estimate of drug-likeness (QED) is 0.674. The van der Waals surface area contributed by atoms with Gasteiger partial charge < -0.3 is 10.2 Å². The van der Waals surface area contributed by atoms with Gasteiger partial charge in [0.05, 0.1) is 0 Å². The summed E-state index contributed by atoms with van der Waals surface area (Å²) in [6, 6.07) is 15.5. The minimum Gasteiger partial charge on any atom is -0.371 e. The Hall–Kier alpha value is -1.51. The lowest BCUT2D eigenvalue weighted by Crippen LogP contribution is -2.41. The first-order valence-corrected chi connectivity index (χ1v) is 10.6. The van der Waals surface area contributed by atoms with E-state index in [0.29, 0.717) is 5.92 Å². The third-order valence-corrected chi connectivity index (χ3v) is 5.79. The standard InChI is InChI=1S/C24H33ClN2/c1-5-12-26-24(3,4)16-19-7-6-8-22(14-19)27-13-11-20-9-10-21(25)15-23(20)18(2)17-27/h6-10,14-15,18,26H,5,11-13,16-17H2,1-4H3/t18-/m0/s1. The summed E-state index contributed by atoms with van der Waals surface area (Å²) >= 11 is 6.25. The maximum absolute atomic E-state index is 6.25. The van der Waals surface area contributed by atoms with Crippen LogP contribution in [0.15, 0.2) is 42.5 Å². The third kappa shape index (κ3) is 5.27. The van der Waals surface area contributed by atoms with Crippen molar-refractivity contribution in [2.75, 3.05) is 24.5 Å². The second-order valence-electron chi connectivity index (χ2n) is 8.60. The van der Waals surface area contributed by atoms with Gasteiger partial charge in [-0.05, 0) is 86.5 Å². The number of nitrogens with zero attached hydrogens (tertiary/aromatic N) is 1. The van der Waals surface area contributed by atoms with Crippen LogP contribution in [0.25, 0.3) is 0 Å². The number of anilines is 1. The summed E-state index contributed by atoms with van der Waals surface area (Å²) in [7, 11) is 0. The van der Waals surface area contributed by atoms with Crippen molar-refractivity contribution in [3.05, 3.63) is 64.2 Å². The van der Waals surface area contributed by atoms with E-state index in [4.69, 9.17) is 11.6 Å². The molecule has 0 saturated heterocycles. The average molecular weight is 385 g/mol.